The Morgan fingerprint density at radius 1 is 1.07 bits per heavy atom. The third-order valence-corrected chi connectivity index (χ3v) is 5.71. The quantitative estimate of drug-likeness (QED) is 0.752. The number of carbonyl (C=O) groups excluding carboxylic acids is 1. The molecule has 0 radical (unpaired) electrons. The molecule has 2 rings (SSSR count). The summed E-state index contributed by atoms with van der Waals surface area (Å²) in [6.45, 7) is 8.07. The number of nitrogens with zero attached hydrogens (tertiary/aromatic N) is 1. The Hall–Kier alpha value is -2.38. The predicted molar refractivity (Wildman–Crippen MR) is 107 cm³/mol. The first-order valence-corrected chi connectivity index (χ1v) is 10.3. The molecule has 1 N–H and O–H groups in total. The molecule has 0 heterocycles. The molecule has 0 fully saturated rings. The molecule has 0 aliphatic heterocycles. The number of anilines is 1. The highest BCUT2D eigenvalue weighted by Crippen LogP contribution is 2.20. The molecule has 0 aliphatic rings. The molecular weight excluding hydrogens is 364 g/mol. The SMILES string of the molecule is CCOc1ccc(N(CCNS(=O)(=O)c2ccc(C)c(C)c2)C(C)=O)cc1. The number of rotatable bonds is 8. The predicted octanol–water partition coefficient (Wildman–Crippen LogP) is 3.03. The molecule has 0 aliphatic carbocycles. The lowest BCUT2D eigenvalue weighted by Gasteiger charge is -2.21. The smallest absolute Gasteiger partial charge is 0.240 e. The largest absolute Gasteiger partial charge is 0.494 e. The molecule has 27 heavy (non-hydrogen) atoms. The Balaban J connectivity index is 2.05. The minimum Gasteiger partial charge on any atom is -0.494 e. The molecule has 0 saturated heterocycles. The van der Waals surface area contributed by atoms with Crippen molar-refractivity contribution in [2.24, 2.45) is 0 Å². The van der Waals surface area contributed by atoms with Crippen molar-refractivity contribution in [2.45, 2.75) is 32.6 Å². The van der Waals surface area contributed by atoms with Gasteiger partial charge in [0.05, 0.1) is 11.5 Å². The summed E-state index contributed by atoms with van der Waals surface area (Å²) in [7, 11) is -3.63. The van der Waals surface area contributed by atoms with E-state index in [1.165, 1.54) is 11.8 Å². The van der Waals surface area contributed by atoms with Gasteiger partial charge in [0.15, 0.2) is 0 Å². The average Bonchev–Trinajstić information content (AvgIpc) is 2.62. The minimum absolute atomic E-state index is 0.113. The molecule has 6 nitrogen and oxygen atoms in total. The van der Waals surface area contributed by atoms with Crippen LogP contribution < -0.4 is 14.4 Å². The monoisotopic (exact) mass is 390 g/mol. The van der Waals surface area contributed by atoms with E-state index in [1.54, 1.807) is 42.5 Å². The van der Waals surface area contributed by atoms with Crippen molar-refractivity contribution < 1.29 is 17.9 Å². The van der Waals surface area contributed by atoms with Crippen molar-refractivity contribution in [1.82, 2.24) is 4.72 Å². The van der Waals surface area contributed by atoms with Crippen LogP contribution in [0.5, 0.6) is 5.75 Å². The van der Waals surface area contributed by atoms with Crippen LogP contribution in [-0.2, 0) is 14.8 Å². The van der Waals surface area contributed by atoms with Crippen molar-refractivity contribution in [3.8, 4) is 5.75 Å². The van der Waals surface area contributed by atoms with E-state index < -0.39 is 10.0 Å². The van der Waals surface area contributed by atoms with Crippen LogP contribution in [0.4, 0.5) is 5.69 Å². The Kier molecular flexibility index (Phi) is 6.98. The summed E-state index contributed by atoms with van der Waals surface area (Å²) in [5, 5.41) is 0. The summed E-state index contributed by atoms with van der Waals surface area (Å²) in [5.41, 5.74) is 2.64. The van der Waals surface area contributed by atoms with E-state index in [9.17, 15) is 13.2 Å². The van der Waals surface area contributed by atoms with Crippen molar-refractivity contribution in [3.63, 3.8) is 0 Å². The summed E-state index contributed by atoms with van der Waals surface area (Å²) in [6, 6.07) is 12.1. The summed E-state index contributed by atoms with van der Waals surface area (Å²) in [4.78, 5) is 13.7. The van der Waals surface area contributed by atoms with Crippen LogP contribution in [0.1, 0.15) is 25.0 Å². The Morgan fingerprint density at radius 3 is 2.30 bits per heavy atom. The van der Waals surface area contributed by atoms with Gasteiger partial charge in [0.2, 0.25) is 15.9 Å². The van der Waals surface area contributed by atoms with Gasteiger partial charge in [-0.3, -0.25) is 4.79 Å². The molecule has 0 bridgehead atoms. The molecule has 0 atom stereocenters. The van der Waals surface area contributed by atoms with Crippen LogP contribution in [0.3, 0.4) is 0 Å². The molecule has 0 saturated carbocycles. The zero-order valence-electron chi connectivity index (χ0n) is 16.2. The molecule has 2 aromatic rings. The van der Waals surface area contributed by atoms with E-state index in [0.717, 1.165) is 16.9 Å². The van der Waals surface area contributed by atoms with Crippen molar-refractivity contribution in [1.29, 1.82) is 0 Å². The number of nitrogens with one attached hydrogen (secondary N) is 1. The van der Waals surface area contributed by atoms with Crippen LogP contribution >= 0.6 is 0 Å². The Morgan fingerprint density at radius 2 is 1.74 bits per heavy atom. The summed E-state index contributed by atoms with van der Waals surface area (Å²) < 4.78 is 32.9. The lowest BCUT2D eigenvalue weighted by atomic mass is 10.1. The van der Waals surface area contributed by atoms with Crippen LogP contribution in [0.15, 0.2) is 47.4 Å². The topological polar surface area (TPSA) is 75.7 Å². The maximum Gasteiger partial charge on any atom is 0.240 e. The van der Waals surface area contributed by atoms with E-state index in [1.807, 2.05) is 20.8 Å². The number of amides is 1. The number of carbonyl (C=O) groups is 1. The van der Waals surface area contributed by atoms with Crippen molar-refractivity contribution in [3.05, 3.63) is 53.6 Å². The molecule has 0 aromatic heterocycles. The van der Waals surface area contributed by atoms with E-state index >= 15 is 0 Å². The molecule has 7 heteroatoms. The first-order valence-electron chi connectivity index (χ1n) is 8.82. The molecule has 0 unspecified atom stereocenters. The van der Waals surface area contributed by atoms with Crippen LogP contribution in [0, 0.1) is 13.8 Å². The number of hydrogen-bond donors (Lipinski definition) is 1. The van der Waals surface area contributed by atoms with E-state index in [0.29, 0.717) is 12.3 Å². The molecular formula is C20H26N2O4S. The summed E-state index contributed by atoms with van der Waals surface area (Å²) >= 11 is 0. The first-order chi connectivity index (χ1) is 12.7. The van der Waals surface area contributed by atoms with Gasteiger partial charge < -0.3 is 9.64 Å². The standard InChI is InChI=1S/C20H26N2O4S/c1-5-26-19-9-7-18(8-10-19)22(17(4)23)13-12-21-27(24,25)20-11-6-15(2)16(3)14-20/h6-11,14,21H,5,12-13H2,1-4H3. The van der Waals surface area contributed by atoms with Crippen LogP contribution in [0.25, 0.3) is 0 Å². The maximum atomic E-state index is 12.5. The highest BCUT2D eigenvalue weighted by Gasteiger charge is 2.17. The van der Waals surface area contributed by atoms with Crippen LogP contribution in [-0.4, -0.2) is 34.0 Å². The van der Waals surface area contributed by atoms with E-state index in [4.69, 9.17) is 4.74 Å². The molecule has 2 aromatic carbocycles. The van der Waals surface area contributed by atoms with Crippen molar-refractivity contribution >= 4 is 21.6 Å². The first kappa shape index (κ1) is 20.9. The third-order valence-electron chi connectivity index (χ3n) is 4.26. The fraction of sp³-hybridized carbons (Fsp3) is 0.350. The lowest BCUT2D eigenvalue weighted by molar-refractivity contribution is -0.116. The fourth-order valence-electron chi connectivity index (χ4n) is 2.61. The number of ether oxygens (including phenoxy) is 1. The van der Waals surface area contributed by atoms with Gasteiger partial charge in [0.25, 0.3) is 0 Å². The number of benzene rings is 2. The zero-order chi connectivity index (χ0) is 20.0. The van der Waals surface area contributed by atoms with Gasteiger partial charge >= 0.3 is 0 Å². The van der Waals surface area contributed by atoms with Crippen LogP contribution in [0.2, 0.25) is 0 Å². The van der Waals surface area contributed by atoms with Gasteiger partial charge in [0.1, 0.15) is 5.75 Å². The maximum absolute atomic E-state index is 12.5. The van der Waals surface area contributed by atoms with Gasteiger partial charge in [-0.1, -0.05) is 6.07 Å². The van der Waals surface area contributed by atoms with Gasteiger partial charge in [-0.05, 0) is 68.3 Å². The third kappa shape index (κ3) is 5.55. The van der Waals surface area contributed by atoms with Gasteiger partial charge in [0, 0.05) is 25.7 Å². The van der Waals surface area contributed by atoms with Gasteiger partial charge in [-0.15, -0.1) is 0 Å². The van der Waals surface area contributed by atoms with Crippen molar-refractivity contribution in [2.75, 3.05) is 24.6 Å². The minimum atomic E-state index is -3.63. The highest BCUT2D eigenvalue weighted by atomic mass is 32.2. The lowest BCUT2D eigenvalue weighted by Crippen LogP contribution is -2.37. The molecule has 0 spiro atoms. The second-order valence-corrected chi connectivity index (χ2v) is 8.01. The fourth-order valence-corrected chi connectivity index (χ4v) is 3.72. The summed E-state index contributed by atoms with van der Waals surface area (Å²) in [5.74, 6) is 0.560. The second-order valence-electron chi connectivity index (χ2n) is 6.24. The number of aryl methyl sites for hydroxylation is 2. The average molecular weight is 391 g/mol. The van der Waals surface area contributed by atoms with E-state index in [2.05, 4.69) is 4.72 Å². The Bertz CT molecular complexity index is 893. The van der Waals surface area contributed by atoms with Gasteiger partial charge in [-0.2, -0.15) is 0 Å². The molecule has 146 valence electrons. The second kappa shape index (κ2) is 9.01. The number of sulfonamides is 1. The summed E-state index contributed by atoms with van der Waals surface area (Å²) in [6.07, 6.45) is 0. The normalized spacial score (nSPS) is 11.3. The Labute approximate surface area is 161 Å². The van der Waals surface area contributed by atoms with Gasteiger partial charge in [-0.25, -0.2) is 13.1 Å². The number of hydrogen-bond acceptors (Lipinski definition) is 4. The van der Waals surface area contributed by atoms with E-state index in [-0.39, 0.29) is 23.9 Å². The highest BCUT2D eigenvalue weighted by molar-refractivity contribution is 7.89. The molecule has 1 amide bonds. The zero-order valence-corrected chi connectivity index (χ0v) is 17.0.